The minimum Gasteiger partial charge on any atom is -0.469 e. The lowest BCUT2D eigenvalue weighted by atomic mass is 9.78. The summed E-state index contributed by atoms with van der Waals surface area (Å²) in [7, 11) is 1.31. The second-order valence-electron chi connectivity index (χ2n) is 47.9. The Morgan fingerprint density at radius 1 is 0.327 bits per heavy atom. The van der Waals surface area contributed by atoms with Crippen LogP contribution in [0.15, 0.2) is 0 Å². The molecule has 37 nitrogen and oxygen atoms in total. The van der Waals surface area contributed by atoms with Gasteiger partial charge in [0.25, 0.3) is 0 Å². The molecule has 0 aromatic rings. The Labute approximate surface area is 858 Å². The highest BCUT2D eigenvalue weighted by atomic mass is 16.7. The van der Waals surface area contributed by atoms with Crippen LogP contribution in [0.1, 0.15) is 267 Å². The summed E-state index contributed by atoms with van der Waals surface area (Å²) in [6.07, 6.45) is 11.3. The average molecular weight is 2070 g/mol. The van der Waals surface area contributed by atoms with Crippen LogP contribution in [-0.2, 0) is 176 Å². The second kappa shape index (κ2) is 43.6. The third-order valence-electron chi connectivity index (χ3n) is 37.9. The maximum absolute atomic E-state index is 12.8. The molecule has 147 heavy (non-hydrogen) atoms. The molecule has 0 radical (unpaired) electrons. The number of rotatable bonds is 27. The van der Waals surface area contributed by atoms with Gasteiger partial charge >= 0.3 is 107 Å². The fourth-order valence-corrected chi connectivity index (χ4v) is 28.1. The van der Waals surface area contributed by atoms with Crippen molar-refractivity contribution in [2.24, 2.45) is 188 Å². The molecule has 22 aliphatic rings. The van der Waals surface area contributed by atoms with Gasteiger partial charge in [-0.2, -0.15) is 0 Å². The van der Waals surface area contributed by atoms with Crippen LogP contribution >= 0.6 is 0 Å². The summed E-state index contributed by atoms with van der Waals surface area (Å²) < 4.78 is 103. The molecular formula is C110H154O37. The second-order valence-corrected chi connectivity index (χ2v) is 47.9. The van der Waals surface area contributed by atoms with Crippen molar-refractivity contribution in [2.45, 2.75) is 364 Å². The largest absolute Gasteiger partial charge is 0.469 e. The van der Waals surface area contributed by atoms with Crippen LogP contribution in [0.2, 0.25) is 0 Å². The number of esters is 18. The van der Waals surface area contributed by atoms with Crippen LogP contribution in [0.4, 0.5) is 0 Å². The topological polar surface area (TPSA) is 483 Å². The molecule has 0 N–H and O–H groups in total. The SMILES string of the molecule is CCC(C)(C)C(=O)OC1CC2CC1C1C(=O)OCC21.CCC(C)(C)C(=O)OC1CC2CC1C1COC(=O)C21.CCC(C)C(=O)OC1C2CC3C(=O)OC1C3O2.CCC(C)C(=O)OC1C2CC3C1OC(=O)C3C2C(=O)OC.CCC(C)C(=O)OC1C2CC3C1OC(=O)C3C2C(=O)OC(C)(C)C.CCC(C)C(=O)OC1C2CC3C1OC(=O)C3C2C(=O)OC1CCCC1.CCOC(=O)C1C2CC3C(OC(=O)C31)C2OC(=O)C(C)CC. The van der Waals surface area contributed by atoms with Gasteiger partial charge in [-0.05, 0) is 196 Å². The molecule has 14 bridgehead atoms. The smallest absolute Gasteiger partial charge is 0.312 e. The highest BCUT2D eigenvalue weighted by Gasteiger charge is 2.76. The van der Waals surface area contributed by atoms with Crippen LogP contribution in [0.25, 0.3) is 0 Å². The maximum Gasteiger partial charge on any atom is 0.312 e. The molecule has 9 aliphatic heterocycles. The number of carbonyl (C=O) groups is 18. The number of carbonyl (C=O) groups excluding carboxylic acids is 18. The molecule has 0 aromatic heterocycles. The minimum absolute atomic E-state index is 0.000856. The molecule has 44 atom stereocenters. The molecule has 44 unspecified atom stereocenters. The van der Waals surface area contributed by atoms with Crippen molar-refractivity contribution in [1.82, 2.24) is 0 Å². The maximum atomic E-state index is 12.8. The van der Waals surface area contributed by atoms with Gasteiger partial charge in [0.05, 0.1) is 139 Å². The quantitative estimate of drug-likeness (QED) is 0.0544. The number of hydrogen-bond acceptors (Lipinski definition) is 37. The number of ether oxygens (including phenoxy) is 19. The molecular weight excluding hydrogens is 1910 g/mol. The van der Waals surface area contributed by atoms with Crippen LogP contribution in [-0.4, -0.2) is 232 Å². The lowest BCUT2D eigenvalue weighted by molar-refractivity contribution is -0.173. The molecule has 816 valence electrons. The normalized spacial score (nSPS) is 40.2. The standard InChI is InChI=1S/C19H26O6.C18H26O6.C16H22O6.C15H20O6.2C15H22O4.C12H16O5/c1-3-9(2)17(20)24-15-11-8-12-14(19(22)25-16(12)15)13(11)18(21)23-10-6-4-5-7-10;1-6-8(2)15(19)22-13-10-7-9-11(16(20)23-14(9)13)12(10)17(21)24-18(3,4)5;1-4-7(3)14(17)21-12-8-6-9-11(16(19)22-13(9)12)10(8)15(18)20-5-2;1-4-6(2)13(16)20-11-7-5-8-10(9(7)14(17)19-3)15(18)21-12(8)11;1-4-15(2,3)14(17)19-11-6-8-5-9(11)10-7-18-13(16)12(8)10;1-4-15(2,3)14(17)19-11-6-8-5-9(11)12-10(8)7-18-13(12)16;1-3-5(2)11(13)16-9-7-4-6-8(15-7)10(9)17-12(6)14/h9-16H,3-8H2,1-2H3;8-14H,6-7H2,1-5H3;7-13H,4-6H2,1-3H3;6-12H,4-5H2,1-3H3;2*8-12H,4-7H2,1-3H3;5-10H,3-4H2,1-2H3. The fraction of sp³-hybridized carbons (Fsp3) is 0.836. The first kappa shape index (κ1) is 110. The zero-order valence-corrected chi connectivity index (χ0v) is 88.8. The molecule has 0 amide bonds. The van der Waals surface area contributed by atoms with Crippen molar-refractivity contribution in [1.29, 1.82) is 0 Å². The Morgan fingerprint density at radius 3 is 1.07 bits per heavy atom. The monoisotopic (exact) mass is 2070 g/mol. The Morgan fingerprint density at radius 2 is 0.680 bits per heavy atom. The molecule has 37 heteroatoms. The molecule has 0 spiro atoms. The van der Waals surface area contributed by atoms with E-state index < -0.39 is 106 Å². The van der Waals surface area contributed by atoms with E-state index in [4.69, 9.17) is 90.0 Å². The van der Waals surface area contributed by atoms with Gasteiger partial charge < -0.3 is 90.0 Å². The van der Waals surface area contributed by atoms with Gasteiger partial charge in [0.2, 0.25) is 0 Å². The zero-order chi connectivity index (χ0) is 107. The molecule has 13 aliphatic carbocycles. The van der Waals surface area contributed by atoms with Crippen molar-refractivity contribution < 1.29 is 176 Å². The Balaban J connectivity index is 0.000000123. The average Bonchev–Trinajstić information content (AvgIpc) is 1.54. The van der Waals surface area contributed by atoms with Crippen LogP contribution in [0, 0.1) is 188 Å². The van der Waals surface area contributed by atoms with E-state index >= 15 is 0 Å². The highest BCUT2D eigenvalue weighted by Crippen LogP contribution is 2.65. The van der Waals surface area contributed by atoms with E-state index in [-0.39, 0.29) is 270 Å². The van der Waals surface area contributed by atoms with Crippen molar-refractivity contribution in [3.8, 4) is 0 Å². The third-order valence-corrected chi connectivity index (χ3v) is 37.9. The molecule has 9 heterocycles. The Hall–Kier alpha value is -9.58. The first-order chi connectivity index (χ1) is 69.6. The summed E-state index contributed by atoms with van der Waals surface area (Å²) in [6.45, 7) is 38.9. The predicted molar refractivity (Wildman–Crippen MR) is 506 cm³/mol. The third kappa shape index (κ3) is 20.7. The lowest BCUT2D eigenvalue weighted by Gasteiger charge is -2.32. The van der Waals surface area contributed by atoms with E-state index in [1.165, 1.54) is 7.11 Å². The van der Waals surface area contributed by atoms with Gasteiger partial charge in [-0.1, -0.05) is 83.1 Å². The van der Waals surface area contributed by atoms with Gasteiger partial charge in [-0.15, -0.1) is 0 Å². The lowest BCUT2D eigenvalue weighted by Crippen LogP contribution is -2.45. The predicted octanol–water partition coefficient (Wildman–Crippen LogP) is 11.6. The summed E-state index contributed by atoms with van der Waals surface area (Å²) in [5.74, 6) is -8.41. The van der Waals surface area contributed by atoms with E-state index in [9.17, 15) is 86.3 Å². The zero-order valence-electron chi connectivity index (χ0n) is 88.8. The van der Waals surface area contributed by atoms with Crippen molar-refractivity contribution in [3.63, 3.8) is 0 Å². The summed E-state index contributed by atoms with van der Waals surface area (Å²) in [4.78, 5) is 218. The van der Waals surface area contributed by atoms with E-state index in [1.807, 2.05) is 104 Å². The highest BCUT2D eigenvalue weighted by molar-refractivity contribution is 5.90. The van der Waals surface area contributed by atoms with Crippen molar-refractivity contribution >= 4 is 107 Å². The van der Waals surface area contributed by atoms with Gasteiger partial charge in [0.1, 0.15) is 78.8 Å². The molecule has 22 fully saturated rings. The van der Waals surface area contributed by atoms with Crippen LogP contribution in [0.5, 0.6) is 0 Å². The summed E-state index contributed by atoms with van der Waals surface area (Å²) in [6, 6.07) is 0. The fourth-order valence-electron chi connectivity index (χ4n) is 28.1. The molecule has 9 saturated heterocycles. The van der Waals surface area contributed by atoms with Gasteiger partial charge in [0, 0.05) is 71.0 Å². The number of hydrogen-bond donors (Lipinski definition) is 0. The summed E-state index contributed by atoms with van der Waals surface area (Å²) >= 11 is 0. The van der Waals surface area contributed by atoms with Crippen molar-refractivity contribution in [3.05, 3.63) is 0 Å². The van der Waals surface area contributed by atoms with Crippen LogP contribution < -0.4 is 0 Å². The van der Waals surface area contributed by atoms with E-state index in [0.29, 0.717) is 94.7 Å². The molecule has 22 rings (SSSR count). The van der Waals surface area contributed by atoms with Gasteiger partial charge in [0.15, 0.2) is 12.2 Å². The summed E-state index contributed by atoms with van der Waals surface area (Å²) in [5, 5.41) is 0. The Bertz CT molecular complexity index is 5020. The van der Waals surface area contributed by atoms with Gasteiger partial charge in [-0.3, -0.25) is 86.3 Å². The minimum atomic E-state index is -0.621. The van der Waals surface area contributed by atoms with E-state index in [0.717, 1.165) is 70.6 Å². The first-order valence-corrected chi connectivity index (χ1v) is 54.8. The first-order valence-electron chi connectivity index (χ1n) is 54.8. The van der Waals surface area contributed by atoms with Crippen molar-refractivity contribution in [2.75, 3.05) is 26.9 Å². The van der Waals surface area contributed by atoms with E-state index in [1.54, 1.807) is 34.6 Å². The molecule has 13 saturated carbocycles. The van der Waals surface area contributed by atoms with Gasteiger partial charge in [-0.25, -0.2) is 0 Å². The number of methoxy groups -OCH3 is 1. The van der Waals surface area contributed by atoms with Crippen LogP contribution in [0.3, 0.4) is 0 Å². The number of cyclic esters (lactones) is 2. The van der Waals surface area contributed by atoms with E-state index in [2.05, 4.69) is 0 Å². The number of fused-ring (bicyclic) bond motifs is 15. The Kier molecular flexibility index (Phi) is 32.7. The molecule has 0 aromatic carbocycles. The summed E-state index contributed by atoms with van der Waals surface area (Å²) in [5.41, 5.74) is -1.47.